The molecule has 0 saturated carbocycles. The topological polar surface area (TPSA) is 151 Å². The number of amides is 1. The summed E-state index contributed by atoms with van der Waals surface area (Å²) in [6.45, 7) is 3.60. The van der Waals surface area contributed by atoms with Crippen molar-refractivity contribution in [2.45, 2.75) is 25.8 Å². The first-order chi connectivity index (χ1) is 9.35. The van der Waals surface area contributed by atoms with Crippen LogP contribution >= 0.6 is 0 Å². The Morgan fingerprint density at radius 3 is 2.75 bits per heavy atom. The van der Waals surface area contributed by atoms with E-state index in [4.69, 9.17) is 11.5 Å². The van der Waals surface area contributed by atoms with Crippen molar-refractivity contribution in [3.05, 3.63) is 12.7 Å². The first-order valence-electron chi connectivity index (χ1n) is 5.79. The third kappa shape index (κ3) is 3.37. The van der Waals surface area contributed by atoms with E-state index in [1.54, 1.807) is 13.8 Å². The van der Waals surface area contributed by atoms with Gasteiger partial charge in [0.2, 0.25) is 17.8 Å². The van der Waals surface area contributed by atoms with Gasteiger partial charge in [0.25, 0.3) is 5.95 Å². The third-order valence-corrected chi connectivity index (χ3v) is 2.33. The lowest BCUT2D eigenvalue weighted by molar-refractivity contribution is -0.118. The van der Waals surface area contributed by atoms with E-state index in [1.807, 2.05) is 0 Å². The van der Waals surface area contributed by atoms with Crippen LogP contribution in [0.4, 0.5) is 11.9 Å². The van der Waals surface area contributed by atoms with Crippen LogP contribution in [0.3, 0.4) is 0 Å². The van der Waals surface area contributed by atoms with Gasteiger partial charge in [0.05, 0.1) is 0 Å². The van der Waals surface area contributed by atoms with Gasteiger partial charge in [0, 0.05) is 12.0 Å². The average molecular weight is 277 g/mol. The minimum absolute atomic E-state index is 0.0304. The maximum atomic E-state index is 11.0. The number of carbonyl (C=O) groups excluding carboxylic acids is 1. The molecule has 0 radical (unpaired) electrons. The molecule has 5 N–H and O–H groups in total. The van der Waals surface area contributed by atoms with Crippen LogP contribution in [-0.4, -0.2) is 41.2 Å². The zero-order chi connectivity index (χ0) is 14.8. The van der Waals surface area contributed by atoms with Crippen molar-refractivity contribution >= 4 is 17.8 Å². The number of anilines is 2. The highest BCUT2D eigenvalue weighted by Crippen LogP contribution is 2.15. The number of nitrogens with two attached hydrogens (primary N) is 2. The Hall–Kier alpha value is -2.78. The maximum absolute atomic E-state index is 11.0. The normalized spacial score (nSPS) is 11.3. The fourth-order valence-electron chi connectivity index (χ4n) is 1.63. The number of nitrogens with one attached hydrogen (secondary N) is 1. The molecule has 0 aliphatic carbocycles. The van der Waals surface area contributed by atoms with Crippen LogP contribution in [0.25, 0.3) is 5.95 Å². The van der Waals surface area contributed by atoms with Crippen LogP contribution in [0, 0.1) is 0 Å². The predicted molar refractivity (Wildman–Crippen MR) is 70.7 cm³/mol. The molecule has 106 valence electrons. The van der Waals surface area contributed by atoms with Crippen molar-refractivity contribution in [2.75, 3.05) is 11.1 Å². The van der Waals surface area contributed by atoms with Crippen molar-refractivity contribution < 1.29 is 4.79 Å². The minimum Gasteiger partial charge on any atom is -0.370 e. The smallest absolute Gasteiger partial charge is 0.258 e. The molecule has 0 spiro atoms. The van der Waals surface area contributed by atoms with E-state index in [-0.39, 0.29) is 24.3 Å². The first-order valence-corrected chi connectivity index (χ1v) is 5.79. The lowest BCUT2D eigenvalue weighted by Crippen LogP contribution is -2.36. The summed E-state index contributed by atoms with van der Waals surface area (Å²) in [6.07, 6.45) is 2.91. The largest absolute Gasteiger partial charge is 0.370 e. The van der Waals surface area contributed by atoms with E-state index >= 15 is 0 Å². The molecule has 0 aliphatic rings. The number of rotatable bonds is 5. The maximum Gasteiger partial charge on any atom is 0.258 e. The molecular formula is C10H15N9O. The first kappa shape index (κ1) is 13.6. The van der Waals surface area contributed by atoms with Gasteiger partial charge < -0.3 is 16.8 Å². The number of aromatic nitrogens is 6. The van der Waals surface area contributed by atoms with E-state index in [9.17, 15) is 4.79 Å². The molecule has 10 heteroatoms. The van der Waals surface area contributed by atoms with Crippen molar-refractivity contribution in [1.82, 2.24) is 29.7 Å². The molecule has 0 saturated heterocycles. The second-order valence-electron chi connectivity index (χ2n) is 4.81. The summed E-state index contributed by atoms with van der Waals surface area (Å²) in [5, 5.41) is 6.90. The number of carbonyl (C=O) groups is 1. The fraction of sp³-hybridized carbons (Fsp3) is 0.400. The van der Waals surface area contributed by atoms with E-state index in [1.165, 1.54) is 17.3 Å². The molecule has 0 aliphatic heterocycles. The van der Waals surface area contributed by atoms with Crippen LogP contribution in [0.2, 0.25) is 0 Å². The Bertz CT molecular complexity index is 607. The van der Waals surface area contributed by atoms with Gasteiger partial charge in [-0.05, 0) is 13.8 Å². The Kier molecular flexibility index (Phi) is 3.46. The minimum atomic E-state index is -0.612. The molecule has 0 bridgehead atoms. The molecule has 0 aromatic carbocycles. The second-order valence-corrected chi connectivity index (χ2v) is 4.81. The Morgan fingerprint density at radius 2 is 2.15 bits per heavy atom. The molecule has 2 rings (SSSR count). The van der Waals surface area contributed by atoms with Gasteiger partial charge in [-0.2, -0.15) is 24.7 Å². The van der Waals surface area contributed by atoms with Crippen LogP contribution in [-0.2, 0) is 4.79 Å². The summed E-state index contributed by atoms with van der Waals surface area (Å²) in [5.41, 5.74) is 10.2. The zero-order valence-corrected chi connectivity index (χ0v) is 11.1. The van der Waals surface area contributed by atoms with E-state index in [0.717, 1.165) is 0 Å². The molecule has 0 atom stereocenters. The van der Waals surface area contributed by atoms with Gasteiger partial charge in [-0.3, -0.25) is 4.79 Å². The highest BCUT2D eigenvalue weighted by Gasteiger charge is 2.22. The molecule has 10 nitrogen and oxygen atoms in total. The number of hydrogen-bond acceptors (Lipinski definition) is 8. The Labute approximate surface area is 114 Å². The van der Waals surface area contributed by atoms with Crippen molar-refractivity contribution in [1.29, 1.82) is 0 Å². The monoisotopic (exact) mass is 277 g/mol. The summed E-state index contributed by atoms with van der Waals surface area (Å²) >= 11 is 0. The summed E-state index contributed by atoms with van der Waals surface area (Å²) in [6, 6.07) is 0. The number of nitrogen functional groups attached to an aromatic ring is 1. The lowest BCUT2D eigenvalue weighted by atomic mass is 10.0. The van der Waals surface area contributed by atoms with Crippen LogP contribution in [0.1, 0.15) is 20.3 Å². The van der Waals surface area contributed by atoms with E-state index < -0.39 is 11.4 Å². The Morgan fingerprint density at radius 1 is 1.40 bits per heavy atom. The van der Waals surface area contributed by atoms with Crippen molar-refractivity contribution in [3.63, 3.8) is 0 Å². The average Bonchev–Trinajstić information content (AvgIpc) is 2.78. The Balaban J connectivity index is 2.27. The van der Waals surface area contributed by atoms with Gasteiger partial charge in [-0.15, -0.1) is 0 Å². The number of hydrogen-bond donors (Lipinski definition) is 3. The second kappa shape index (κ2) is 5.07. The summed E-state index contributed by atoms with van der Waals surface area (Å²) in [4.78, 5) is 26.9. The number of primary amides is 1. The quantitative estimate of drug-likeness (QED) is 0.636. The predicted octanol–water partition coefficient (Wildman–Crippen LogP) is -0.900. The van der Waals surface area contributed by atoms with E-state index in [0.29, 0.717) is 0 Å². The van der Waals surface area contributed by atoms with Crippen LogP contribution in [0.15, 0.2) is 12.7 Å². The third-order valence-electron chi connectivity index (χ3n) is 2.33. The van der Waals surface area contributed by atoms with Gasteiger partial charge in [-0.1, -0.05) is 0 Å². The van der Waals surface area contributed by atoms with Crippen molar-refractivity contribution in [3.8, 4) is 5.95 Å². The fourth-order valence-corrected chi connectivity index (χ4v) is 1.63. The summed E-state index contributed by atoms with van der Waals surface area (Å²) in [5.74, 6) is 0.0607. The molecule has 2 aromatic heterocycles. The van der Waals surface area contributed by atoms with Crippen LogP contribution < -0.4 is 16.8 Å². The summed E-state index contributed by atoms with van der Waals surface area (Å²) in [7, 11) is 0. The van der Waals surface area contributed by atoms with Gasteiger partial charge in [-0.25, -0.2) is 4.98 Å². The molecule has 2 heterocycles. The standard InChI is InChI=1S/C10H15N9O/c1-10(2,3-6(11)20)18-8-15-7(12)16-9(17-8)19-5-13-4-14-19/h4-5H,3H2,1-2H3,(H2,11,20)(H3,12,15,16,17,18). The van der Waals surface area contributed by atoms with Gasteiger partial charge in [0.15, 0.2) is 0 Å². The van der Waals surface area contributed by atoms with E-state index in [2.05, 4.69) is 30.4 Å². The van der Waals surface area contributed by atoms with Gasteiger partial charge >= 0.3 is 0 Å². The lowest BCUT2D eigenvalue weighted by Gasteiger charge is -2.24. The molecule has 1 amide bonds. The van der Waals surface area contributed by atoms with Gasteiger partial charge in [0.1, 0.15) is 12.7 Å². The highest BCUT2D eigenvalue weighted by molar-refractivity contribution is 5.75. The molecule has 20 heavy (non-hydrogen) atoms. The SMILES string of the molecule is CC(C)(CC(N)=O)Nc1nc(N)nc(-n2cncn2)n1. The van der Waals surface area contributed by atoms with Crippen LogP contribution in [0.5, 0.6) is 0 Å². The molecule has 0 fully saturated rings. The number of nitrogens with zero attached hydrogens (tertiary/aromatic N) is 6. The molecule has 0 unspecified atom stereocenters. The molecular weight excluding hydrogens is 262 g/mol. The highest BCUT2D eigenvalue weighted by atomic mass is 16.1. The molecule has 2 aromatic rings. The zero-order valence-electron chi connectivity index (χ0n) is 11.1. The van der Waals surface area contributed by atoms with Crippen molar-refractivity contribution in [2.24, 2.45) is 5.73 Å². The summed E-state index contributed by atoms with van der Waals surface area (Å²) < 4.78 is 1.35.